The second-order valence-electron chi connectivity index (χ2n) is 6.58. The SMILES string of the molecule is CCC(C)(C(=O)c1ccc(S(C)(=O)=O)cc1)C(C(=O)O)c1ccccc1. The largest absolute Gasteiger partial charge is 0.481 e. The molecule has 2 aromatic carbocycles. The molecule has 0 saturated heterocycles. The molecule has 0 aromatic heterocycles. The average Bonchev–Trinajstić information content (AvgIpc) is 2.61. The van der Waals surface area contributed by atoms with Crippen molar-refractivity contribution < 1.29 is 23.1 Å². The van der Waals surface area contributed by atoms with Crippen molar-refractivity contribution in [3.8, 4) is 0 Å². The molecule has 0 amide bonds. The van der Waals surface area contributed by atoms with Gasteiger partial charge in [-0.25, -0.2) is 8.42 Å². The summed E-state index contributed by atoms with van der Waals surface area (Å²) in [7, 11) is -3.36. The van der Waals surface area contributed by atoms with Gasteiger partial charge in [0.2, 0.25) is 0 Å². The predicted octanol–water partition coefficient (Wildman–Crippen LogP) is 3.56. The summed E-state index contributed by atoms with van der Waals surface area (Å²) in [6.45, 7) is 3.42. The van der Waals surface area contributed by atoms with Crippen LogP contribution in [0, 0.1) is 5.41 Å². The first-order chi connectivity index (χ1) is 12.1. The van der Waals surface area contributed by atoms with Crippen molar-refractivity contribution in [3.63, 3.8) is 0 Å². The molecule has 0 radical (unpaired) electrons. The molecule has 2 rings (SSSR count). The van der Waals surface area contributed by atoms with Crippen LogP contribution >= 0.6 is 0 Å². The number of aliphatic carboxylic acids is 1. The second-order valence-corrected chi connectivity index (χ2v) is 8.59. The maximum atomic E-state index is 13.2. The van der Waals surface area contributed by atoms with Gasteiger partial charge in [-0.2, -0.15) is 0 Å². The average molecular weight is 374 g/mol. The fourth-order valence-corrected chi connectivity index (χ4v) is 3.74. The Bertz CT molecular complexity index is 901. The third kappa shape index (κ3) is 3.85. The van der Waals surface area contributed by atoms with E-state index < -0.39 is 27.1 Å². The number of carbonyl (C=O) groups excluding carboxylic acids is 1. The summed E-state index contributed by atoms with van der Waals surface area (Å²) in [5, 5.41) is 9.81. The lowest BCUT2D eigenvalue weighted by atomic mass is 9.67. The molecule has 2 atom stereocenters. The van der Waals surface area contributed by atoms with Crippen molar-refractivity contribution in [1.82, 2.24) is 0 Å². The minimum Gasteiger partial charge on any atom is -0.481 e. The number of ketones is 1. The van der Waals surface area contributed by atoms with Crippen molar-refractivity contribution in [2.24, 2.45) is 5.41 Å². The lowest BCUT2D eigenvalue weighted by Gasteiger charge is -2.33. The lowest BCUT2D eigenvalue weighted by molar-refractivity contribution is -0.141. The van der Waals surface area contributed by atoms with Crippen LogP contribution in [0.4, 0.5) is 0 Å². The number of rotatable bonds is 7. The van der Waals surface area contributed by atoms with E-state index in [9.17, 15) is 23.1 Å². The summed E-state index contributed by atoms with van der Waals surface area (Å²) >= 11 is 0. The molecular formula is C20H22O5S. The molecule has 26 heavy (non-hydrogen) atoms. The maximum absolute atomic E-state index is 13.2. The summed E-state index contributed by atoms with van der Waals surface area (Å²) in [6, 6.07) is 14.3. The molecule has 0 aliphatic rings. The Hall–Kier alpha value is -2.47. The van der Waals surface area contributed by atoms with Crippen LogP contribution < -0.4 is 0 Å². The minimum absolute atomic E-state index is 0.116. The molecule has 0 saturated carbocycles. The number of sulfone groups is 1. The van der Waals surface area contributed by atoms with Gasteiger partial charge < -0.3 is 5.11 Å². The molecule has 138 valence electrons. The van der Waals surface area contributed by atoms with E-state index in [2.05, 4.69) is 0 Å². The van der Waals surface area contributed by atoms with Crippen LogP contribution in [-0.4, -0.2) is 31.5 Å². The van der Waals surface area contributed by atoms with Gasteiger partial charge in [-0.1, -0.05) is 56.3 Å². The number of Topliss-reactive ketones (excluding diaryl/α,β-unsaturated/α-hetero) is 1. The standard InChI is InChI=1S/C20H22O5S/c1-4-20(2,17(19(22)23)14-8-6-5-7-9-14)18(21)15-10-12-16(13-11-15)26(3,24)25/h5-13,17H,4H2,1-3H3,(H,22,23). The third-order valence-electron chi connectivity index (χ3n) is 4.81. The Balaban J connectivity index is 2.49. The van der Waals surface area contributed by atoms with Gasteiger partial charge in [0.1, 0.15) is 0 Å². The van der Waals surface area contributed by atoms with Crippen molar-refractivity contribution in [2.75, 3.05) is 6.26 Å². The highest BCUT2D eigenvalue weighted by Crippen LogP contribution is 2.42. The normalized spacial score (nSPS) is 15.0. The highest BCUT2D eigenvalue weighted by molar-refractivity contribution is 7.90. The fraction of sp³-hybridized carbons (Fsp3) is 0.300. The van der Waals surface area contributed by atoms with Gasteiger partial charge in [0.25, 0.3) is 0 Å². The molecule has 0 heterocycles. The Kier molecular flexibility index (Phi) is 5.66. The highest BCUT2D eigenvalue weighted by Gasteiger charge is 2.45. The van der Waals surface area contributed by atoms with E-state index in [1.54, 1.807) is 44.2 Å². The molecule has 0 spiro atoms. The third-order valence-corrected chi connectivity index (χ3v) is 5.94. The van der Waals surface area contributed by atoms with Crippen LogP contribution in [0.15, 0.2) is 59.5 Å². The summed E-state index contributed by atoms with van der Waals surface area (Å²) in [6.07, 6.45) is 1.42. The van der Waals surface area contributed by atoms with Gasteiger partial charge in [-0.3, -0.25) is 9.59 Å². The van der Waals surface area contributed by atoms with Crippen LogP contribution in [0.3, 0.4) is 0 Å². The molecule has 5 nitrogen and oxygen atoms in total. The van der Waals surface area contributed by atoms with Crippen molar-refractivity contribution in [1.29, 1.82) is 0 Å². The fourth-order valence-electron chi connectivity index (χ4n) is 3.11. The van der Waals surface area contributed by atoms with Crippen molar-refractivity contribution in [2.45, 2.75) is 31.1 Å². The molecule has 0 aliphatic heterocycles. The van der Waals surface area contributed by atoms with Crippen molar-refractivity contribution >= 4 is 21.6 Å². The van der Waals surface area contributed by atoms with Crippen molar-refractivity contribution in [3.05, 3.63) is 65.7 Å². The quantitative estimate of drug-likeness (QED) is 0.749. The van der Waals surface area contributed by atoms with Gasteiger partial charge in [-0.05, 0) is 24.1 Å². The molecule has 2 aromatic rings. The number of benzene rings is 2. The zero-order valence-corrected chi connectivity index (χ0v) is 15.8. The van der Waals surface area contributed by atoms with E-state index in [4.69, 9.17) is 0 Å². The van der Waals surface area contributed by atoms with Gasteiger partial charge in [-0.15, -0.1) is 0 Å². The number of carboxylic acid groups (broad SMARTS) is 1. The number of carbonyl (C=O) groups is 2. The van der Waals surface area contributed by atoms with E-state index in [1.807, 2.05) is 0 Å². The van der Waals surface area contributed by atoms with Gasteiger partial charge >= 0.3 is 5.97 Å². The monoisotopic (exact) mass is 374 g/mol. The van der Waals surface area contributed by atoms with E-state index in [0.29, 0.717) is 17.5 Å². The summed E-state index contributed by atoms with van der Waals surface area (Å²) in [4.78, 5) is 25.3. The lowest BCUT2D eigenvalue weighted by Crippen LogP contribution is -2.38. The van der Waals surface area contributed by atoms with Crippen LogP contribution in [-0.2, 0) is 14.6 Å². The maximum Gasteiger partial charge on any atom is 0.312 e. The molecule has 0 aliphatic carbocycles. The molecular weight excluding hydrogens is 352 g/mol. The topological polar surface area (TPSA) is 88.5 Å². The van der Waals surface area contributed by atoms with E-state index in [0.717, 1.165) is 6.26 Å². The molecule has 0 fully saturated rings. The van der Waals surface area contributed by atoms with Gasteiger partial charge in [0, 0.05) is 17.2 Å². The van der Waals surface area contributed by atoms with Gasteiger partial charge in [0.05, 0.1) is 10.8 Å². The van der Waals surface area contributed by atoms with Gasteiger partial charge in [0.15, 0.2) is 15.6 Å². The number of carboxylic acids is 1. The predicted molar refractivity (Wildman–Crippen MR) is 99.1 cm³/mol. The first-order valence-electron chi connectivity index (χ1n) is 8.24. The molecule has 0 bridgehead atoms. The first kappa shape index (κ1) is 19.8. The number of hydrogen-bond acceptors (Lipinski definition) is 4. The summed E-state index contributed by atoms with van der Waals surface area (Å²) < 4.78 is 23.2. The van der Waals surface area contributed by atoms with E-state index >= 15 is 0 Å². The summed E-state index contributed by atoms with van der Waals surface area (Å²) in [5.41, 5.74) is -0.311. The Labute approximate surface area is 153 Å². The van der Waals surface area contributed by atoms with Crippen LogP contribution in [0.1, 0.15) is 42.1 Å². The Morgan fingerprint density at radius 2 is 1.58 bits per heavy atom. The Morgan fingerprint density at radius 3 is 2.00 bits per heavy atom. The first-order valence-corrected chi connectivity index (χ1v) is 10.1. The zero-order chi connectivity index (χ0) is 19.5. The molecule has 6 heteroatoms. The highest BCUT2D eigenvalue weighted by atomic mass is 32.2. The smallest absolute Gasteiger partial charge is 0.312 e. The second kappa shape index (κ2) is 7.41. The zero-order valence-electron chi connectivity index (χ0n) is 15.0. The van der Waals surface area contributed by atoms with Crippen LogP contribution in [0.25, 0.3) is 0 Å². The van der Waals surface area contributed by atoms with Crippen LogP contribution in [0.2, 0.25) is 0 Å². The van der Waals surface area contributed by atoms with E-state index in [1.165, 1.54) is 24.3 Å². The number of hydrogen-bond donors (Lipinski definition) is 1. The molecule has 1 N–H and O–H groups in total. The molecule has 2 unspecified atom stereocenters. The minimum atomic E-state index is -3.36. The summed E-state index contributed by atoms with van der Waals surface area (Å²) in [5.74, 6) is -2.39. The van der Waals surface area contributed by atoms with Crippen LogP contribution in [0.5, 0.6) is 0 Å². The Morgan fingerprint density at radius 1 is 1.04 bits per heavy atom. The van der Waals surface area contributed by atoms with E-state index in [-0.39, 0.29) is 10.7 Å².